The number of aromatic nitrogens is 1. The minimum atomic E-state index is -0.115. The molecule has 0 saturated carbocycles. The topological polar surface area (TPSA) is 42.0 Å². The second-order valence-electron chi connectivity index (χ2n) is 3.64. The number of thioether (sulfide) groups is 1. The highest BCUT2D eigenvalue weighted by molar-refractivity contribution is 9.10. The maximum atomic E-state index is 11.8. The molecule has 0 radical (unpaired) electrons. The smallest absolute Gasteiger partial charge is 0.234 e. The first-order valence-corrected chi connectivity index (χ1v) is 7.59. The number of benzene rings is 1. The van der Waals surface area contributed by atoms with Crippen LogP contribution in [-0.4, -0.2) is 16.6 Å². The van der Waals surface area contributed by atoms with Crippen molar-refractivity contribution < 1.29 is 4.79 Å². The fraction of sp³-hybridized carbons (Fsp3) is 0.0769. The van der Waals surface area contributed by atoms with Crippen LogP contribution in [0.4, 0.5) is 5.69 Å². The Hall–Kier alpha value is -1.04. The molecular formula is C13H10BrClN2OS. The van der Waals surface area contributed by atoms with Gasteiger partial charge in [-0.15, -0.1) is 11.8 Å². The highest BCUT2D eigenvalue weighted by Crippen LogP contribution is 2.23. The standard InChI is InChI=1S/C13H10BrClN2OS/c14-9-6-11(13(15)16-7-9)17-12(18)8-19-10-4-2-1-3-5-10/h1-7H,8H2,(H,17,18). The molecular weight excluding hydrogens is 348 g/mol. The van der Waals surface area contributed by atoms with E-state index >= 15 is 0 Å². The second-order valence-corrected chi connectivity index (χ2v) is 5.96. The van der Waals surface area contributed by atoms with Crippen molar-refractivity contribution in [1.29, 1.82) is 0 Å². The zero-order valence-corrected chi connectivity index (χ0v) is 12.9. The van der Waals surface area contributed by atoms with Crippen LogP contribution in [0.3, 0.4) is 0 Å². The molecule has 0 aliphatic rings. The molecule has 1 amide bonds. The average molecular weight is 358 g/mol. The lowest BCUT2D eigenvalue weighted by Crippen LogP contribution is -2.14. The number of anilines is 1. The van der Waals surface area contributed by atoms with E-state index in [9.17, 15) is 4.79 Å². The normalized spacial score (nSPS) is 10.2. The molecule has 19 heavy (non-hydrogen) atoms. The number of hydrogen-bond acceptors (Lipinski definition) is 3. The van der Waals surface area contributed by atoms with E-state index in [0.717, 1.165) is 9.37 Å². The molecule has 2 aromatic rings. The van der Waals surface area contributed by atoms with Crippen LogP contribution in [-0.2, 0) is 4.79 Å². The summed E-state index contributed by atoms with van der Waals surface area (Å²) >= 11 is 10.7. The lowest BCUT2D eigenvalue weighted by atomic mass is 10.4. The summed E-state index contributed by atoms with van der Waals surface area (Å²) in [5, 5.41) is 3.02. The Kier molecular flexibility index (Phi) is 5.24. The van der Waals surface area contributed by atoms with Gasteiger partial charge < -0.3 is 5.32 Å². The van der Waals surface area contributed by atoms with Gasteiger partial charge in [-0.3, -0.25) is 4.79 Å². The number of nitrogens with one attached hydrogen (secondary N) is 1. The van der Waals surface area contributed by atoms with Gasteiger partial charge in [0.1, 0.15) is 0 Å². The Balaban J connectivity index is 1.93. The van der Waals surface area contributed by atoms with Gasteiger partial charge in [-0.05, 0) is 34.1 Å². The first kappa shape index (κ1) is 14.4. The van der Waals surface area contributed by atoms with E-state index in [1.165, 1.54) is 11.8 Å². The lowest BCUT2D eigenvalue weighted by molar-refractivity contribution is -0.113. The van der Waals surface area contributed by atoms with Gasteiger partial charge in [0, 0.05) is 15.6 Å². The largest absolute Gasteiger partial charge is 0.323 e. The summed E-state index contributed by atoms with van der Waals surface area (Å²) < 4.78 is 0.767. The molecule has 3 nitrogen and oxygen atoms in total. The summed E-state index contributed by atoms with van der Waals surface area (Å²) in [4.78, 5) is 16.8. The van der Waals surface area contributed by atoms with Crippen LogP contribution in [0.15, 0.2) is 52.0 Å². The van der Waals surface area contributed by atoms with Gasteiger partial charge in [-0.1, -0.05) is 29.8 Å². The summed E-state index contributed by atoms with van der Waals surface area (Å²) in [6.45, 7) is 0. The van der Waals surface area contributed by atoms with Crippen LogP contribution in [0.5, 0.6) is 0 Å². The molecule has 0 saturated heterocycles. The molecule has 98 valence electrons. The van der Waals surface area contributed by atoms with Gasteiger partial charge in [-0.25, -0.2) is 4.98 Å². The number of nitrogens with zero attached hydrogens (tertiary/aromatic N) is 1. The predicted octanol–water partition coefficient (Wildman–Crippen LogP) is 4.23. The Morgan fingerprint density at radius 1 is 1.37 bits per heavy atom. The number of carbonyl (C=O) groups excluding carboxylic acids is 1. The maximum absolute atomic E-state index is 11.8. The molecule has 1 aromatic carbocycles. The van der Waals surface area contributed by atoms with Crippen LogP contribution < -0.4 is 5.32 Å². The van der Waals surface area contributed by atoms with Gasteiger partial charge in [0.15, 0.2) is 5.15 Å². The molecule has 1 N–H and O–H groups in total. The summed E-state index contributed by atoms with van der Waals surface area (Å²) in [6.07, 6.45) is 1.58. The zero-order valence-electron chi connectivity index (χ0n) is 9.77. The number of rotatable bonds is 4. The van der Waals surface area contributed by atoms with Crippen molar-refractivity contribution in [3.63, 3.8) is 0 Å². The van der Waals surface area contributed by atoms with Crippen molar-refractivity contribution in [2.45, 2.75) is 4.90 Å². The van der Waals surface area contributed by atoms with Crippen LogP contribution >= 0.6 is 39.3 Å². The van der Waals surface area contributed by atoms with Crippen LogP contribution in [0, 0.1) is 0 Å². The molecule has 2 rings (SSSR count). The molecule has 0 unspecified atom stereocenters. The fourth-order valence-corrected chi connectivity index (χ4v) is 2.56. The molecule has 6 heteroatoms. The Bertz CT molecular complexity index is 580. The summed E-state index contributed by atoms with van der Waals surface area (Å²) in [6, 6.07) is 11.5. The average Bonchev–Trinajstić information content (AvgIpc) is 2.42. The van der Waals surface area contributed by atoms with Crippen molar-refractivity contribution >= 4 is 50.9 Å². The Morgan fingerprint density at radius 3 is 2.84 bits per heavy atom. The second kappa shape index (κ2) is 6.93. The lowest BCUT2D eigenvalue weighted by Gasteiger charge is -2.06. The molecule has 0 spiro atoms. The molecule has 0 fully saturated rings. The molecule has 0 atom stereocenters. The van der Waals surface area contributed by atoms with Gasteiger partial charge in [-0.2, -0.15) is 0 Å². The van der Waals surface area contributed by atoms with E-state index in [4.69, 9.17) is 11.6 Å². The van der Waals surface area contributed by atoms with E-state index in [1.807, 2.05) is 30.3 Å². The monoisotopic (exact) mass is 356 g/mol. The summed E-state index contributed by atoms with van der Waals surface area (Å²) in [5.74, 6) is 0.211. The third kappa shape index (κ3) is 4.53. The number of pyridine rings is 1. The molecule has 1 heterocycles. The van der Waals surface area contributed by atoms with E-state index in [1.54, 1.807) is 12.3 Å². The van der Waals surface area contributed by atoms with Crippen LogP contribution in [0.2, 0.25) is 5.15 Å². The quantitative estimate of drug-likeness (QED) is 0.658. The van der Waals surface area contributed by atoms with Crippen LogP contribution in [0.25, 0.3) is 0 Å². The third-order valence-corrected chi connectivity index (χ3v) is 3.94. The minimum absolute atomic E-state index is 0.115. The number of hydrogen-bond donors (Lipinski definition) is 1. The third-order valence-electron chi connectivity index (χ3n) is 2.19. The van der Waals surface area contributed by atoms with Crippen LogP contribution in [0.1, 0.15) is 0 Å². The van der Waals surface area contributed by atoms with E-state index < -0.39 is 0 Å². The fourth-order valence-electron chi connectivity index (χ4n) is 1.36. The van der Waals surface area contributed by atoms with Crippen molar-refractivity contribution in [2.24, 2.45) is 0 Å². The zero-order chi connectivity index (χ0) is 13.7. The number of amides is 1. The van der Waals surface area contributed by atoms with Gasteiger partial charge >= 0.3 is 0 Å². The minimum Gasteiger partial charge on any atom is -0.323 e. The SMILES string of the molecule is O=C(CSc1ccccc1)Nc1cc(Br)cnc1Cl. The van der Waals surface area contributed by atoms with E-state index in [2.05, 4.69) is 26.2 Å². The summed E-state index contributed by atoms with van der Waals surface area (Å²) in [7, 11) is 0. The number of halogens is 2. The molecule has 1 aromatic heterocycles. The van der Waals surface area contributed by atoms with Gasteiger partial charge in [0.25, 0.3) is 0 Å². The first-order chi connectivity index (χ1) is 9.15. The predicted molar refractivity (Wildman–Crippen MR) is 82.7 cm³/mol. The van der Waals surface area contributed by atoms with Crippen molar-refractivity contribution in [1.82, 2.24) is 4.98 Å². The van der Waals surface area contributed by atoms with Crippen molar-refractivity contribution in [2.75, 3.05) is 11.1 Å². The Labute approximate surface area is 128 Å². The molecule has 0 aliphatic carbocycles. The van der Waals surface area contributed by atoms with E-state index in [0.29, 0.717) is 11.4 Å². The highest BCUT2D eigenvalue weighted by atomic mass is 79.9. The highest BCUT2D eigenvalue weighted by Gasteiger charge is 2.08. The van der Waals surface area contributed by atoms with Crippen molar-refractivity contribution in [3.8, 4) is 0 Å². The first-order valence-electron chi connectivity index (χ1n) is 5.44. The molecule has 0 aliphatic heterocycles. The maximum Gasteiger partial charge on any atom is 0.234 e. The summed E-state index contributed by atoms with van der Waals surface area (Å²) in [5.41, 5.74) is 0.509. The Morgan fingerprint density at radius 2 is 2.11 bits per heavy atom. The molecule has 0 bridgehead atoms. The van der Waals surface area contributed by atoms with E-state index in [-0.39, 0.29) is 11.1 Å². The van der Waals surface area contributed by atoms with Gasteiger partial charge in [0.2, 0.25) is 5.91 Å². The van der Waals surface area contributed by atoms with Crippen molar-refractivity contribution in [3.05, 3.63) is 52.2 Å². The number of carbonyl (C=O) groups is 1. The van der Waals surface area contributed by atoms with Gasteiger partial charge in [0.05, 0.1) is 11.4 Å².